The van der Waals surface area contributed by atoms with Crippen LogP contribution in [0.2, 0.25) is 5.02 Å². The fourth-order valence-electron chi connectivity index (χ4n) is 1.80. The number of ether oxygens (including phenoxy) is 1. The van der Waals surface area contributed by atoms with Gasteiger partial charge in [0.05, 0.1) is 13.2 Å². The summed E-state index contributed by atoms with van der Waals surface area (Å²) in [6.45, 7) is 0. The molecule has 2 aromatic rings. The zero-order chi connectivity index (χ0) is 13.7. The van der Waals surface area contributed by atoms with Crippen LogP contribution in [0.5, 0.6) is 5.75 Å². The Labute approximate surface area is 117 Å². The van der Waals surface area contributed by atoms with Gasteiger partial charge in [0.2, 0.25) is 0 Å². The quantitative estimate of drug-likeness (QED) is 0.914. The molecule has 0 aromatic heterocycles. The molecule has 0 spiro atoms. The maximum absolute atomic E-state index is 9.32. The van der Waals surface area contributed by atoms with Crippen molar-refractivity contribution in [1.29, 1.82) is 5.26 Å². The first-order valence-corrected chi connectivity index (χ1v) is 6.17. The third-order valence-corrected chi connectivity index (χ3v) is 2.99. The first kappa shape index (κ1) is 13.3. The van der Waals surface area contributed by atoms with Gasteiger partial charge >= 0.3 is 0 Å². The Balaban J connectivity index is 2.25. The lowest BCUT2D eigenvalue weighted by Gasteiger charge is -2.16. The molecule has 0 aliphatic rings. The maximum Gasteiger partial charge on any atom is 0.143 e. The van der Waals surface area contributed by atoms with Crippen LogP contribution < -0.4 is 10.1 Å². The number of hydrogen-bond acceptors (Lipinski definition) is 3. The number of hydrogen-bond donors (Lipinski definition) is 1. The predicted octanol–water partition coefficient (Wildman–Crippen LogP) is 4.03. The Morgan fingerprint density at radius 3 is 2.47 bits per heavy atom. The molecule has 0 saturated heterocycles. The van der Waals surface area contributed by atoms with Crippen LogP contribution in [0.4, 0.5) is 5.69 Å². The van der Waals surface area contributed by atoms with Crippen LogP contribution in [0.3, 0.4) is 0 Å². The third-order valence-electron chi connectivity index (χ3n) is 2.73. The fourth-order valence-corrected chi connectivity index (χ4v) is 1.92. The van der Waals surface area contributed by atoms with Gasteiger partial charge < -0.3 is 10.1 Å². The van der Waals surface area contributed by atoms with Crippen LogP contribution in [0.1, 0.15) is 11.6 Å². The highest BCUT2D eigenvalue weighted by atomic mass is 35.5. The second kappa shape index (κ2) is 6.12. The first-order valence-electron chi connectivity index (χ1n) is 5.79. The Morgan fingerprint density at radius 2 is 1.84 bits per heavy atom. The summed E-state index contributed by atoms with van der Waals surface area (Å²) < 4.78 is 5.27. The molecule has 0 fully saturated rings. The number of nitrogens with one attached hydrogen (secondary N) is 1. The summed E-state index contributed by atoms with van der Waals surface area (Å²) in [5.74, 6) is 0.690. The van der Waals surface area contributed by atoms with Crippen molar-refractivity contribution in [2.75, 3.05) is 12.4 Å². The molecule has 0 heterocycles. The second-order valence-corrected chi connectivity index (χ2v) is 4.39. The van der Waals surface area contributed by atoms with E-state index in [0.29, 0.717) is 10.8 Å². The number of methoxy groups -OCH3 is 1. The van der Waals surface area contributed by atoms with E-state index in [1.165, 1.54) is 0 Å². The summed E-state index contributed by atoms with van der Waals surface area (Å²) >= 11 is 5.83. The highest BCUT2D eigenvalue weighted by molar-refractivity contribution is 6.30. The molecule has 0 radical (unpaired) electrons. The van der Waals surface area contributed by atoms with Gasteiger partial charge in [-0.25, -0.2) is 0 Å². The van der Waals surface area contributed by atoms with Gasteiger partial charge in [0.1, 0.15) is 11.8 Å². The van der Waals surface area contributed by atoms with Crippen LogP contribution in [-0.4, -0.2) is 7.11 Å². The van der Waals surface area contributed by atoms with E-state index in [0.717, 1.165) is 11.3 Å². The molecule has 2 aromatic carbocycles. The van der Waals surface area contributed by atoms with Gasteiger partial charge in [-0.15, -0.1) is 0 Å². The standard InChI is InChI=1S/C15H13ClN2O/c1-19-15-5-3-2-4-13(15)14(10-17)18-12-8-6-11(16)7-9-12/h2-9,14,18H,1H3. The second-order valence-electron chi connectivity index (χ2n) is 3.96. The van der Waals surface area contributed by atoms with Gasteiger partial charge in [-0.05, 0) is 30.3 Å². The van der Waals surface area contributed by atoms with Crippen molar-refractivity contribution in [1.82, 2.24) is 0 Å². The van der Waals surface area contributed by atoms with Crippen molar-refractivity contribution in [2.24, 2.45) is 0 Å². The maximum atomic E-state index is 9.32. The summed E-state index contributed by atoms with van der Waals surface area (Å²) in [6, 6.07) is 16.4. The van der Waals surface area contributed by atoms with Crippen molar-refractivity contribution in [3.8, 4) is 11.8 Å². The smallest absolute Gasteiger partial charge is 0.143 e. The summed E-state index contributed by atoms with van der Waals surface area (Å²) in [5.41, 5.74) is 1.64. The summed E-state index contributed by atoms with van der Waals surface area (Å²) in [7, 11) is 1.59. The summed E-state index contributed by atoms with van der Waals surface area (Å²) in [6.07, 6.45) is 0. The SMILES string of the molecule is COc1ccccc1C(C#N)Nc1ccc(Cl)cc1. The lowest BCUT2D eigenvalue weighted by Crippen LogP contribution is -2.09. The predicted molar refractivity (Wildman–Crippen MR) is 76.4 cm³/mol. The summed E-state index contributed by atoms with van der Waals surface area (Å²) in [4.78, 5) is 0. The Hall–Kier alpha value is -2.18. The van der Waals surface area contributed by atoms with Crippen LogP contribution in [0.15, 0.2) is 48.5 Å². The third kappa shape index (κ3) is 3.18. The Bertz CT molecular complexity index is 590. The highest BCUT2D eigenvalue weighted by Gasteiger charge is 2.14. The molecule has 0 saturated carbocycles. The van der Waals surface area contributed by atoms with E-state index in [4.69, 9.17) is 16.3 Å². The molecule has 96 valence electrons. The first-order chi connectivity index (χ1) is 9.24. The van der Waals surface area contributed by atoms with Crippen molar-refractivity contribution < 1.29 is 4.74 Å². The minimum Gasteiger partial charge on any atom is -0.496 e. The zero-order valence-corrected chi connectivity index (χ0v) is 11.2. The largest absolute Gasteiger partial charge is 0.496 e. The molecule has 0 aliphatic carbocycles. The molecule has 1 atom stereocenters. The number of rotatable bonds is 4. The van der Waals surface area contributed by atoms with E-state index in [9.17, 15) is 5.26 Å². The molecule has 0 bridgehead atoms. The van der Waals surface area contributed by atoms with E-state index in [1.807, 2.05) is 36.4 Å². The number of nitriles is 1. The molecule has 19 heavy (non-hydrogen) atoms. The average Bonchev–Trinajstić information content (AvgIpc) is 2.46. The van der Waals surface area contributed by atoms with Gasteiger partial charge in [-0.3, -0.25) is 0 Å². The van der Waals surface area contributed by atoms with Crippen molar-refractivity contribution in [3.05, 3.63) is 59.1 Å². The highest BCUT2D eigenvalue weighted by Crippen LogP contribution is 2.27. The molecule has 1 unspecified atom stereocenters. The van der Waals surface area contributed by atoms with Gasteiger partial charge in [-0.1, -0.05) is 29.8 Å². The van der Waals surface area contributed by atoms with Gasteiger partial charge in [-0.2, -0.15) is 5.26 Å². The Morgan fingerprint density at radius 1 is 1.16 bits per heavy atom. The lowest BCUT2D eigenvalue weighted by molar-refractivity contribution is 0.409. The molecule has 3 nitrogen and oxygen atoms in total. The van der Waals surface area contributed by atoms with Gasteiger partial charge in [0, 0.05) is 16.3 Å². The van der Waals surface area contributed by atoms with Crippen LogP contribution >= 0.6 is 11.6 Å². The Kier molecular flexibility index (Phi) is 4.27. The zero-order valence-electron chi connectivity index (χ0n) is 10.4. The minimum absolute atomic E-state index is 0.475. The molecular formula is C15H13ClN2O. The molecule has 2 rings (SSSR count). The van der Waals surface area contributed by atoms with Crippen molar-refractivity contribution in [2.45, 2.75) is 6.04 Å². The normalized spacial score (nSPS) is 11.4. The number of anilines is 1. The van der Waals surface area contributed by atoms with Crippen LogP contribution in [-0.2, 0) is 0 Å². The number of para-hydroxylation sites is 1. The van der Waals surface area contributed by atoms with Crippen molar-refractivity contribution >= 4 is 17.3 Å². The van der Waals surface area contributed by atoms with E-state index in [-0.39, 0.29) is 0 Å². The number of benzene rings is 2. The molecule has 1 N–H and O–H groups in total. The average molecular weight is 273 g/mol. The molecule has 0 aliphatic heterocycles. The lowest BCUT2D eigenvalue weighted by atomic mass is 10.1. The minimum atomic E-state index is -0.475. The monoisotopic (exact) mass is 272 g/mol. The number of nitrogens with zero attached hydrogens (tertiary/aromatic N) is 1. The van der Waals surface area contributed by atoms with E-state index in [2.05, 4.69) is 11.4 Å². The van der Waals surface area contributed by atoms with Gasteiger partial charge in [0.15, 0.2) is 0 Å². The van der Waals surface area contributed by atoms with E-state index < -0.39 is 6.04 Å². The van der Waals surface area contributed by atoms with E-state index in [1.54, 1.807) is 19.2 Å². The van der Waals surface area contributed by atoms with Crippen LogP contribution in [0.25, 0.3) is 0 Å². The molecule has 0 amide bonds. The molecule has 4 heteroatoms. The number of halogens is 1. The van der Waals surface area contributed by atoms with Gasteiger partial charge in [0.25, 0.3) is 0 Å². The fraction of sp³-hybridized carbons (Fsp3) is 0.133. The van der Waals surface area contributed by atoms with Crippen LogP contribution in [0, 0.1) is 11.3 Å². The van der Waals surface area contributed by atoms with E-state index >= 15 is 0 Å². The molecular weight excluding hydrogens is 260 g/mol. The van der Waals surface area contributed by atoms with Crippen molar-refractivity contribution in [3.63, 3.8) is 0 Å². The topological polar surface area (TPSA) is 45.0 Å². The summed E-state index contributed by atoms with van der Waals surface area (Å²) in [5, 5.41) is 13.1.